The number of thiazole rings is 1. The number of nitrogens with zero attached hydrogens (tertiary/aromatic N) is 2. The van der Waals surface area contributed by atoms with Crippen LogP contribution in [0, 0.1) is 0 Å². The molecule has 2 amide bonds. The number of halogens is 7. The van der Waals surface area contributed by atoms with E-state index in [4.69, 9.17) is 0 Å². The highest BCUT2D eigenvalue weighted by Gasteiger charge is 2.66. The molecule has 1 fully saturated rings. The van der Waals surface area contributed by atoms with E-state index in [-0.39, 0.29) is 23.2 Å². The molecule has 3 aromatic carbocycles. The van der Waals surface area contributed by atoms with Crippen LogP contribution in [0.2, 0.25) is 0 Å². The molecule has 2 aliphatic rings. The lowest BCUT2D eigenvalue weighted by atomic mass is 9.94. The lowest BCUT2D eigenvalue weighted by Crippen LogP contribution is -2.52. The third-order valence-electron chi connectivity index (χ3n) is 7.60. The maximum absolute atomic E-state index is 13.8. The van der Waals surface area contributed by atoms with Crippen molar-refractivity contribution >= 4 is 28.8 Å². The summed E-state index contributed by atoms with van der Waals surface area (Å²) in [5.74, 6) is -2.57. The summed E-state index contributed by atoms with van der Waals surface area (Å²) in [7, 11) is 0. The Morgan fingerprint density at radius 2 is 1.57 bits per heavy atom. The number of fused-ring (bicyclic) bond motifs is 1. The molecule has 1 saturated heterocycles. The number of benzene rings is 3. The van der Waals surface area contributed by atoms with Gasteiger partial charge in [-0.3, -0.25) is 9.59 Å². The number of ether oxygens (including phenoxy) is 2. The van der Waals surface area contributed by atoms with Gasteiger partial charge in [-0.25, -0.2) is 4.98 Å². The second-order valence-corrected chi connectivity index (χ2v) is 11.5. The number of alkyl halides is 7. The minimum absolute atomic E-state index is 0.0320. The van der Waals surface area contributed by atoms with Crippen LogP contribution in [0.15, 0.2) is 72.1 Å². The van der Waals surface area contributed by atoms with Gasteiger partial charge in [0, 0.05) is 30.0 Å². The van der Waals surface area contributed by atoms with Crippen molar-refractivity contribution in [3.8, 4) is 22.6 Å². The summed E-state index contributed by atoms with van der Waals surface area (Å²) < 4.78 is 102. The summed E-state index contributed by atoms with van der Waals surface area (Å²) in [6, 6.07) is 14.7. The molecular formula is C31H22F7N3O4S. The van der Waals surface area contributed by atoms with Crippen molar-refractivity contribution in [1.29, 1.82) is 0 Å². The van der Waals surface area contributed by atoms with E-state index in [9.17, 15) is 40.3 Å². The Labute approximate surface area is 260 Å². The summed E-state index contributed by atoms with van der Waals surface area (Å²) in [6.45, 7) is 0.719. The number of para-hydroxylation sites is 1. The van der Waals surface area contributed by atoms with Crippen LogP contribution < -0.4 is 14.8 Å². The van der Waals surface area contributed by atoms with Gasteiger partial charge in [-0.2, -0.15) is 30.7 Å². The summed E-state index contributed by atoms with van der Waals surface area (Å²) >= 11 is 1.20. The summed E-state index contributed by atoms with van der Waals surface area (Å²) in [5.41, 5.74) is 0.207. The molecule has 46 heavy (non-hydrogen) atoms. The summed E-state index contributed by atoms with van der Waals surface area (Å²) in [4.78, 5) is 32.4. The Morgan fingerprint density at radius 1 is 0.891 bits per heavy atom. The van der Waals surface area contributed by atoms with Crippen molar-refractivity contribution in [2.45, 2.75) is 37.2 Å². The molecule has 0 radical (unpaired) electrons. The minimum Gasteiger partial charge on any atom is -0.421 e. The van der Waals surface area contributed by atoms with Gasteiger partial charge in [0.05, 0.1) is 16.3 Å². The Hall–Kier alpha value is -4.66. The highest BCUT2D eigenvalue weighted by Crippen LogP contribution is 2.50. The number of carbonyl (C=O) groups is 2. The molecule has 1 N–H and O–H groups in total. The van der Waals surface area contributed by atoms with Gasteiger partial charge in [0.15, 0.2) is 11.5 Å². The zero-order chi connectivity index (χ0) is 32.9. The average Bonchev–Trinajstić information content (AvgIpc) is 3.52. The second-order valence-electron chi connectivity index (χ2n) is 10.6. The van der Waals surface area contributed by atoms with Crippen molar-refractivity contribution in [3.05, 3.63) is 93.9 Å². The predicted octanol–water partition coefficient (Wildman–Crippen LogP) is 8.06. The van der Waals surface area contributed by atoms with Crippen LogP contribution in [-0.2, 0) is 6.18 Å². The van der Waals surface area contributed by atoms with Crippen molar-refractivity contribution in [2.75, 3.05) is 18.4 Å². The fraction of sp³-hybridized carbons (Fsp3) is 0.258. The second kappa shape index (κ2) is 11.6. The first-order valence-corrected chi connectivity index (χ1v) is 14.7. The molecule has 2 aliphatic heterocycles. The Bertz CT molecular complexity index is 1790. The van der Waals surface area contributed by atoms with Crippen molar-refractivity contribution in [1.82, 2.24) is 9.88 Å². The average molecular weight is 666 g/mol. The number of likely N-dealkylation sites (tertiary alicyclic amines) is 1. The molecule has 7 nitrogen and oxygen atoms in total. The molecule has 15 heteroatoms. The molecule has 1 aromatic heterocycles. The molecule has 0 unspecified atom stereocenters. The lowest BCUT2D eigenvalue weighted by Gasteiger charge is -2.32. The van der Waals surface area contributed by atoms with Crippen LogP contribution in [-0.4, -0.2) is 47.0 Å². The van der Waals surface area contributed by atoms with Crippen LogP contribution in [0.4, 0.5) is 36.4 Å². The quantitative estimate of drug-likeness (QED) is 0.218. The van der Waals surface area contributed by atoms with Gasteiger partial charge < -0.3 is 19.7 Å². The Morgan fingerprint density at radius 3 is 2.26 bits per heavy atom. The first-order chi connectivity index (χ1) is 21.7. The number of rotatable bonds is 5. The highest BCUT2D eigenvalue weighted by atomic mass is 32.1. The normalized spacial score (nSPS) is 17.4. The molecule has 240 valence electrons. The lowest BCUT2D eigenvalue weighted by molar-refractivity contribution is -0.391. The molecular weight excluding hydrogens is 643 g/mol. The van der Waals surface area contributed by atoms with Crippen LogP contribution in [0.25, 0.3) is 11.1 Å². The fourth-order valence-corrected chi connectivity index (χ4v) is 6.18. The number of amides is 2. The maximum atomic E-state index is 13.8. The standard InChI is InChI=1S/C31H22F7N3O4S/c32-29(33,34)19-10-8-17(9-11-19)20-4-1-2-5-21(20)28(43)41-14-12-18(13-15-41)27-40-23(16-46-27)26(42)39-22-6-3-7-24-25(22)45-31(37,38)30(35,36)44-24/h1-11,16,18H,12-15H2,(H,39,42). The summed E-state index contributed by atoms with van der Waals surface area (Å²) in [6.07, 6.45) is -13.3. The predicted molar refractivity (Wildman–Crippen MR) is 152 cm³/mol. The van der Waals surface area contributed by atoms with E-state index in [1.165, 1.54) is 41.0 Å². The van der Waals surface area contributed by atoms with Crippen LogP contribution >= 0.6 is 11.3 Å². The number of anilines is 1. The summed E-state index contributed by atoms with van der Waals surface area (Å²) in [5, 5.41) is 4.43. The van der Waals surface area contributed by atoms with E-state index in [2.05, 4.69) is 19.8 Å². The first-order valence-electron chi connectivity index (χ1n) is 13.8. The van der Waals surface area contributed by atoms with Gasteiger partial charge in [-0.1, -0.05) is 36.4 Å². The van der Waals surface area contributed by atoms with Crippen LogP contribution in [0.1, 0.15) is 50.2 Å². The van der Waals surface area contributed by atoms with E-state index < -0.39 is 41.4 Å². The number of aromatic nitrogens is 1. The zero-order valence-corrected chi connectivity index (χ0v) is 24.2. The largest absolute Gasteiger partial charge is 0.507 e. The van der Waals surface area contributed by atoms with Gasteiger partial charge in [0.25, 0.3) is 11.8 Å². The highest BCUT2D eigenvalue weighted by molar-refractivity contribution is 7.10. The van der Waals surface area contributed by atoms with E-state index in [1.807, 2.05) is 0 Å². The van der Waals surface area contributed by atoms with E-state index in [0.717, 1.165) is 18.2 Å². The van der Waals surface area contributed by atoms with E-state index >= 15 is 0 Å². The maximum Gasteiger partial charge on any atom is 0.507 e. The third kappa shape index (κ3) is 5.98. The zero-order valence-electron chi connectivity index (χ0n) is 23.4. The van der Waals surface area contributed by atoms with Crippen molar-refractivity contribution in [2.24, 2.45) is 0 Å². The molecule has 4 aromatic rings. The van der Waals surface area contributed by atoms with Gasteiger partial charge in [-0.15, -0.1) is 11.3 Å². The third-order valence-corrected chi connectivity index (χ3v) is 8.61. The Kier molecular flexibility index (Phi) is 7.90. The number of hydrogen-bond acceptors (Lipinski definition) is 6. The van der Waals surface area contributed by atoms with Crippen LogP contribution in [0.5, 0.6) is 11.5 Å². The van der Waals surface area contributed by atoms with Gasteiger partial charge in [0.2, 0.25) is 0 Å². The van der Waals surface area contributed by atoms with Gasteiger partial charge >= 0.3 is 18.4 Å². The minimum atomic E-state index is -4.96. The number of hydrogen-bond donors (Lipinski definition) is 1. The van der Waals surface area contributed by atoms with Crippen molar-refractivity contribution in [3.63, 3.8) is 0 Å². The van der Waals surface area contributed by atoms with Crippen LogP contribution in [0.3, 0.4) is 0 Å². The molecule has 0 atom stereocenters. The smallest absolute Gasteiger partial charge is 0.421 e. The number of nitrogens with one attached hydrogen (secondary N) is 1. The Balaban J connectivity index is 1.10. The molecule has 3 heterocycles. The topological polar surface area (TPSA) is 80.8 Å². The molecule has 6 rings (SSSR count). The van der Waals surface area contributed by atoms with E-state index in [0.29, 0.717) is 47.6 Å². The first kappa shape index (κ1) is 31.3. The molecule has 0 spiro atoms. The number of carbonyl (C=O) groups excluding carboxylic acids is 2. The SMILES string of the molecule is O=C(Nc1cccc2c1OC(F)(F)C(F)(F)O2)c1csc(C2CCN(C(=O)c3ccccc3-c3ccc(C(F)(F)F)cc3)CC2)n1. The monoisotopic (exact) mass is 665 g/mol. The fourth-order valence-electron chi connectivity index (χ4n) is 5.21. The molecule has 0 bridgehead atoms. The van der Waals surface area contributed by atoms with Gasteiger partial charge in [0.1, 0.15) is 5.69 Å². The molecule has 0 aliphatic carbocycles. The molecule has 0 saturated carbocycles. The van der Waals surface area contributed by atoms with Crippen molar-refractivity contribution < 1.29 is 49.8 Å². The van der Waals surface area contributed by atoms with Gasteiger partial charge in [-0.05, 0) is 54.3 Å². The number of piperidine rings is 1. The van der Waals surface area contributed by atoms with E-state index in [1.54, 1.807) is 29.2 Å².